The third kappa shape index (κ3) is 4.12. The Morgan fingerprint density at radius 3 is 2.50 bits per heavy atom. The topological polar surface area (TPSA) is 85.8 Å². The predicted octanol–water partition coefficient (Wildman–Crippen LogP) is 3.81. The molecule has 5 rings (SSSR count). The fraction of sp³-hybridized carbons (Fsp3) is 0.667. The van der Waals surface area contributed by atoms with Gasteiger partial charge in [-0.15, -0.1) is 0 Å². The van der Waals surface area contributed by atoms with Gasteiger partial charge in [-0.1, -0.05) is 0 Å². The number of morpholine rings is 1. The van der Waals surface area contributed by atoms with Gasteiger partial charge in [0.1, 0.15) is 5.60 Å². The third-order valence-electron chi connectivity index (χ3n) is 7.21. The van der Waals surface area contributed by atoms with E-state index in [1.54, 1.807) is 0 Å². The summed E-state index contributed by atoms with van der Waals surface area (Å²) in [5.41, 5.74) is 9.13. The van der Waals surface area contributed by atoms with Crippen LogP contribution in [-0.4, -0.2) is 65.8 Å². The van der Waals surface area contributed by atoms with Crippen LogP contribution in [0.15, 0.2) is 18.3 Å². The number of piperidine rings is 1. The normalized spacial score (nSPS) is 21.7. The molecule has 0 unspecified atom stereocenters. The molecule has 32 heavy (non-hydrogen) atoms. The van der Waals surface area contributed by atoms with Crippen molar-refractivity contribution in [3.05, 3.63) is 18.3 Å². The van der Waals surface area contributed by atoms with Crippen molar-refractivity contribution < 1.29 is 14.3 Å². The molecule has 1 aliphatic carbocycles. The average molecular weight is 442 g/mol. The second-order valence-corrected chi connectivity index (χ2v) is 10.7. The summed E-state index contributed by atoms with van der Waals surface area (Å²) in [6.07, 6.45) is 6.27. The van der Waals surface area contributed by atoms with Crippen molar-refractivity contribution in [2.75, 3.05) is 50.0 Å². The lowest BCUT2D eigenvalue weighted by atomic mass is 9.60. The molecule has 3 aliphatic rings. The van der Waals surface area contributed by atoms with Gasteiger partial charge in [-0.25, -0.2) is 4.79 Å². The Labute approximate surface area is 189 Å². The van der Waals surface area contributed by atoms with Gasteiger partial charge in [-0.05, 0) is 64.0 Å². The molecule has 2 N–H and O–H groups in total. The van der Waals surface area contributed by atoms with Crippen molar-refractivity contribution in [3.63, 3.8) is 0 Å². The summed E-state index contributed by atoms with van der Waals surface area (Å²) >= 11 is 0. The largest absolute Gasteiger partial charge is 0.444 e. The fourth-order valence-electron chi connectivity index (χ4n) is 5.39. The quantitative estimate of drug-likeness (QED) is 0.714. The molecule has 0 bridgehead atoms. The van der Waals surface area contributed by atoms with Crippen molar-refractivity contribution in [3.8, 4) is 0 Å². The molecule has 3 fully saturated rings. The highest BCUT2D eigenvalue weighted by atomic mass is 16.6. The van der Waals surface area contributed by atoms with E-state index in [1.807, 2.05) is 25.7 Å². The van der Waals surface area contributed by atoms with Gasteiger partial charge in [0, 0.05) is 37.8 Å². The number of nitrogens with zero attached hydrogens (tertiary/aromatic N) is 4. The Bertz CT molecular complexity index is 989. The van der Waals surface area contributed by atoms with Crippen LogP contribution in [-0.2, 0) is 9.47 Å². The number of aromatic nitrogens is 2. The van der Waals surface area contributed by atoms with E-state index in [1.165, 1.54) is 0 Å². The predicted molar refractivity (Wildman–Crippen MR) is 125 cm³/mol. The summed E-state index contributed by atoms with van der Waals surface area (Å²) in [6, 6.07) is 4.60. The zero-order valence-corrected chi connectivity index (χ0v) is 19.5. The number of nitrogen functional groups attached to an aromatic ring is 1. The smallest absolute Gasteiger partial charge is 0.410 e. The van der Waals surface area contributed by atoms with Crippen LogP contribution in [0, 0.1) is 5.41 Å². The number of carbonyl (C=O) groups excluding carboxylic acids is 1. The van der Waals surface area contributed by atoms with Gasteiger partial charge in [0.25, 0.3) is 0 Å². The first-order valence-corrected chi connectivity index (χ1v) is 11.8. The molecular weight excluding hydrogens is 406 g/mol. The SMILES string of the molecule is CC(C)(C)OC(=O)N1CCC2(CC1)CC(n1cc3cc(N)c(N4CCOCC4)cc3n1)C2. The molecule has 8 nitrogen and oxygen atoms in total. The number of benzene rings is 1. The summed E-state index contributed by atoms with van der Waals surface area (Å²) < 4.78 is 13.1. The van der Waals surface area contributed by atoms with Gasteiger partial charge in [-0.2, -0.15) is 5.10 Å². The van der Waals surface area contributed by atoms with Crippen molar-refractivity contribution in [2.24, 2.45) is 5.41 Å². The fourth-order valence-corrected chi connectivity index (χ4v) is 5.39. The molecule has 174 valence electrons. The lowest BCUT2D eigenvalue weighted by Gasteiger charge is -2.52. The molecule has 0 atom stereocenters. The molecule has 8 heteroatoms. The molecule has 2 saturated heterocycles. The molecule has 3 heterocycles. The van der Waals surface area contributed by atoms with Crippen LogP contribution in [0.3, 0.4) is 0 Å². The third-order valence-corrected chi connectivity index (χ3v) is 7.21. The lowest BCUT2D eigenvalue weighted by molar-refractivity contribution is -0.0257. The maximum atomic E-state index is 12.4. The molecule has 1 amide bonds. The van der Waals surface area contributed by atoms with E-state index < -0.39 is 5.60 Å². The minimum absolute atomic E-state index is 0.185. The van der Waals surface area contributed by atoms with Gasteiger partial charge in [0.05, 0.1) is 36.1 Å². The van der Waals surface area contributed by atoms with Gasteiger partial charge in [-0.3, -0.25) is 4.68 Å². The van der Waals surface area contributed by atoms with Crippen LogP contribution >= 0.6 is 0 Å². The van der Waals surface area contributed by atoms with Crippen LogP contribution < -0.4 is 10.6 Å². The lowest BCUT2D eigenvalue weighted by Crippen LogP contribution is -2.50. The second kappa shape index (κ2) is 7.83. The Hall–Kier alpha value is -2.48. The minimum Gasteiger partial charge on any atom is -0.444 e. The van der Waals surface area contributed by atoms with Crippen LogP contribution in [0.2, 0.25) is 0 Å². The van der Waals surface area contributed by atoms with E-state index in [4.69, 9.17) is 20.3 Å². The van der Waals surface area contributed by atoms with Gasteiger partial charge < -0.3 is 25.0 Å². The molecule has 2 aliphatic heterocycles. The van der Waals surface area contributed by atoms with E-state index in [0.29, 0.717) is 11.5 Å². The zero-order chi connectivity index (χ0) is 22.5. The monoisotopic (exact) mass is 441 g/mol. The minimum atomic E-state index is -0.444. The van der Waals surface area contributed by atoms with E-state index in [2.05, 4.69) is 27.9 Å². The zero-order valence-electron chi connectivity index (χ0n) is 19.5. The molecule has 1 aromatic heterocycles. The standard InChI is InChI=1S/C24H35N5O3/c1-23(2,3)32-22(30)28-6-4-24(5-7-28)14-18(15-24)29-16-17-12-19(25)21(13-20(17)26-29)27-8-10-31-11-9-27/h12-13,16,18H,4-11,14-15,25H2,1-3H3. The average Bonchev–Trinajstić information content (AvgIpc) is 3.13. The second-order valence-electron chi connectivity index (χ2n) is 10.7. The highest BCUT2D eigenvalue weighted by Crippen LogP contribution is 2.54. The van der Waals surface area contributed by atoms with E-state index in [0.717, 1.165) is 87.4 Å². The summed E-state index contributed by atoms with van der Waals surface area (Å²) in [6.45, 7) is 10.5. The van der Waals surface area contributed by atoms with E-state index in [-0.39, 0.29) is 6.09 Å². The van der Waals surface area contributed by atoms with Crippen molar-refractivity contribution in [1.82, 2.24) is 14.7 Å². The molecule has 1 aromatic carbocycles. The Morgan fingerprint density at radius 1 is 1.16 bits per heavy atom. The van der Waals surface area contributed by atoms with Gasteiger partial charge in [0.15, 0.2) is 0 Å². The molecule has 1 saturated carbocycles. The Balaban J connectivity index is 1.22. The number of carbonyl (C=O) groups is 1. The first-order chi connectivity index (χ1) is 15.2. The van der Waals surface area contributed by atoms with E-state index >= 15 is 0 Å². The molecular formula is C24H35N5O3. The van der Waals surface area contributed by atoms with Crippen LogP contribution in [0.5, 0.6) is 0 Å². The van der Waals surface area contributed by atoms with Crippen LogP contribution in [0.25, 0.3) is 10.9 Å². The number of anilines is 2. The number of ether oxygens (including phenoxy) is 2. The number of amides is 1. The first kappa shape index (κ1) is 21.4. The van der Waals surface area contributed by atoms with Crippen molar-refractivity contribution in [1.29, 1.82) is 0 Å². The van der Waals surface area contributed by atoms with Gasteiger partial charge >= 0.3 is 6.09 Å². The summed E-state index contributed by atoms with van der Waals surface area (Å²) in [7, 11) is 0. The number of rotatable bonds is 2. The van der Waals surface area contributed by atoms with Crippen LogP contribution in [0.4, 0.5) is 16.2 Å². The molecule has 2 aromatic rings. The number of hydrogen-bond acceptors (Lipinski definition) is 6. The summed E-state index contributed by atoms with van der Waals surface area (Å²) in [5, 5.41) is 6.01. The van der Waals surface area contributed by atoms with Crippen LogP contribution in [0.1, 0.15) is 52.5 Å². The summed E-state index contributed by atoms with van der Waals surface area (Å²) in [5.74, 6) is 0. The van der Waals surface area contributed by atoms with Crippen molar-refractivity contribution in [2.45, 2.75) is 58.1 Å². The number of likely N-dealkylation sites (tertiary alicyclic amines) is 1. The number of fused-ring (bicyclic) bond motifs is 1. The van der Waals surface area contributed by atoms with Gasteiger partial charge in [0.2, 0.25) is 0 Å². The number of nitrogens with two attached hydrogens (primary N) is 1. The Morgan fingerprint density at radius 2 is 1.84 bits per heavy atom. The first-order valence-electron chi connectivity index (χ1n) is 11.8. The maximum Gasteiger partial charge on any atom is 0.410 e. The van der Waals surface area contributed by atoms with E-state index in [9.17, 15) is 4.79 Å². The molecule has 1 spiro atoms. The maximum absolute atomic E-state index is 12.4. The highest BCUT2D eigenvalue weighted by molar-refractivity contribution is 5.89. The summed E-state index contributed by atoms with van der Waals surface area (Å²) in [4.78, 5) is 16.5. The highest BCUT2D eigenvalue weighted by Gasteiger charge is 2.47. The van der Waals surface area contributed by atoms with Crippen molar-refractivity contribution >= 4 is 28.4 Å². The number of hydrogen-bond donors (Lipinski definition) is 1. The Kier molecular flexibility index (Phi) is 5.23. The molecule has 0 radical (unpaired) electrons.